The molecule has 3 rings (SSSR count). The van der Waals surface area contributed by atoms with Gasteiger partial charge in [-0.2, -0.15) is 0 Å². The Morgan fingerprint density at radius 2 is 2.00 bits per heavy atom. The second kappa shape index (κ2) is 3.78. The third-order valence-electron chi connectivity index (χ3n) is 4.51. The van der Waals surface area contributed by atoms with Crippen LogP contribution in [-0.2, 0) is 5.41 Å². The van der Waals surface area contributed by atoms with E-state index in [4.69, 9.17) is 9.47 Å². The first-order valence-corrected chi connectivity index (χ1v) is 7.04. The van der Waals surface area contributed by atoms with Gasteiger partial charge in [-0.15, -0.1) is 0 Å². The molecule has 0 saturated heterocycles. The minimum Gasteiger partial charge on any atom is -0.487 e. The molecule has 0 saturated carbocycles. The van der Waals surface area contributed by atoms with Gasteiger partial charge in [0.25, 0.3) is 0 Å². The quantitative estimate of drug-likeness (QED) is 0.742. The second-order valence-electron chi connectivity index (χ2n) is 6.45. The molecule has 0 aromatic heterocycles. The van der Waals surface area contributed by atoms with Gasteiger partial charge in [0.2, 0.25) is 0 Å². The van der Waals surface area contributed by atoms with E-state index in [0.29, 0.717) is 0 Å². The molecule has 1 aliphatic heterocycles. The summed E-state index contributed by atoms with van der Waals surface area (Å²) in [6.07, 6.45) is 5.63. The molecule has 1 aromatic carbocycles. The maximum Gasteiger partial charge on any atom is 0.166 e. The van der Waals surface area contributed by atoms with E-state index in [2.05, 4.69) is 45.1 Å². The van der Waals surface area contributed by atoms with Crippen molar-refractivity contribution in [3.63, 3.8) is 0 Å². The summed E-state index contributed by atoms with van der Waals surface area (Å²) in [5.74, 6) is 1.82. The van der Waals surface area contributed by atoms with Crippen LogP contribution in [0.4, 0.5) is 0 Å². The summed E-state index contributed by atoms with van der Waals surface area (Å²) < 4.78 is 12.3. The van der Waals surface area contributed by atoms with Crippen molar-refractivity contribution >= 4 is 0 Å². The summed E-state index contributed by atoms with van der Waals surface area (Å²) in [5.41, 5.74) is 2.28. The van der Waals surface area contributed by atoms with Crippen molar-refractivity contribution in [3.05, 3.63) is 35.4 Å². The zero-order valence-corrected chi connectivity index (χ0v) is 12.4. The van der Waals surface area contributed by atoms with Crippen LogP contribution in [-0.4, -0.2) is 11.7 Å². The predicted octanol–water partition coefficient (Wildman–Crippen LogP) is 4.15. The van der Waals surface area contributed by atoms with Crippen LogP contribution in [0.25, 0.3) is 0 Å². The van der Waals surface area contributed by atoms with Gasteiger partial charge in [-0.1, -0.05) is 18.2 Å². The van der Waals surface area contributed by atoms with Crippen LogP contribution in [0.1, 0.15) is 45.2 Å². The van der Waals surface area contributed by atoms with Gasteiger partial charge >= 0.3 is 0 Å². The lowest BCUT2D eigenvalue weighted by Crippen LogP contribution is -2.42. The van der Waals surface area contributed by atoms with Gasteiger partial charge in [0.1, 0.15) is 5.60 Å². The predicted molar refractivity (Wildman–Crippen MR) is 77.1 cm³/mol. The van der Waals surface area contributed by atoms with Gasteiger partial charge in [-0.05, 0) is 46.2 Å². The van der Waals surface area contributed by atoms with Gasteiger partial charge < -0.3 is 9.47 Å². The summed E-state index contributed by atoms with van der Waals surface area (Å²) in [6, 6.07) is 4.32. The minimum atomic E-state index is -0.168. The molecule has 2 atom stereocenters. The lowest BCUT2D eigenvalue weighted by Gasteiger charge is -2.32. The number of hydrogen-bond donors (Lipinski definition) is 0. The van der Waals surface area contributed by atoms with Gasteiger partial charge in [-0.25, -0.2) is 0 Å². The third kappa shape index (κ3) is 1.62. The fraction of sp³-hybridized carbons (Fsp3) is 0.529. The third-order valence-corrected chi connectivity index (χ3v) is 4.51. The Morgan fingerprint density at radius 3 is 2.68 bits per heavy atom. The van der Waals surface area contributed by atoms with Crippen molar-refractivity contribution in [3.8, 4) is 11.5 Å². The summed E-state index contributed by atoms with van der Waals surface area (Å²) in [6.45, 7) is 10.7. The minimum absolute atomic E-state index is 0.0383. The van der Waals surface area contributed by atoms with Gasteiger partial charge in [-0.3, -0.25) is 0 Å². The number of fused-ring (bicyclic) bond motifs is 3. The van der Waals surface area contributed by atoms with Crippen molar-refractivity contribution in [1.29, 1.82) is 0 Å². The SMILES string of the molecule is Cc1cc(OC(C)C)c2c(c1)C1(C)C=CCC1(C)O2. The highest BCUT2D eigenvalue weighted by Crippen LogP contribution is 2.57. The maximum absolute atomic E-state index is 6.32. The molecule has 1 heterocycles. The molecule has 0 N–H and O–H groups in total. The van der Waals surface area contributed by atoms with Crippen molar-refractivity contribution in [2.75, 3.05) is 0 Å². The molecule has 2 unspecified atom stereocenters. The molecule has 1 aromatic rings. The van der Waals surface area contributed by atoms with E-state index in [9.17, 15) is 0 Å². The standard InChI is InChI=1S/C17H22O2/c1-11(2)18-14-10-12(3)9-13-15(14)19-17(5)8-6-7-16(13,17)4/h6-7,9-11H,8H2,1-5H3. The maximum atomic E-state index is 6.32. The first-order valence-electron chi connectivity index (χ1n) is 7.04. The first kappa shape index (κ1) is 12.6. The van der Waals surface area contributed by atoms with Crippen molar-refractivity contribution < 1.29 is 9.47 Å². The molecular weight excluding hydrogens is 236 g/mol. The first-order chi connectivity index (χ1) is 8.86. The Morgan fingerprint density at radius 1 is 1.26 bits per heavy atom. The number of benzene rings is 1. The van der Waals surface area contributed by atoms with Crippen LogP contribution < -0.4 is 9.47 Å². The van der Waals surface area contributed by atoms with E-state index >= 15 is 0 Å². The van der Waals surface area contributed by atoms with Crippen LogP contribution in [0.2, 0.25) is 0 Å². The van der Waals surface area contributed by atoms with Gasteiger partial charge in [0, 0.05) is 12.0 Å². The number of aryl methyl sites for hydroxylation is 1. The Hall–Kier alpha value is -1.44. The number of ether oxygens (including phenoxy) is 2. The smallest absolute Gasteiger partial charge is 0.166 e. The van der Waals surface area contributed by atoms with Crippen molar-refractivity contribution in [2.24, 2.45) is 0 Å². The van der Waals surface area contributed by atoms with E-state index in [1.165, 1.54) is 11.1 Å². The zero-order valence-electron chi connectivity index (χ0n) is 12.4. The Bertz CT molecular complexity index is 559. The van der Waals surface area contributed by atoms with Crippen LogP contribution in [0, 0.1) is 6.92 Å². The highest BCUT2D eigenvalue weighted by atomic mass is 16.5. The van der Waals surface area contributed by atoms with Gasteiger partial charge in [0.15, 0.2) is 11.5 Å². The van der Waals surface area contributed by atoms with E-state index in [0.717, 1.165) is 17.9 Å². The lowest BCUT2D eigenvalue weighted by molar-refractivity contribution is 0.0732. The number of hydrogen-bond acceptors (Lipinski definition) is 2. The molecule has 0 fully saturated rings. The average molecular weight is 258 g/mol. The molecule has 0 radical (unpaired) electrons. The van der Waals surface area contributed by atoms with E-state index in [-0.39, 0.29) is 17.1 Å². The summed E-state index contributed by atoms with van der Waals surface area (Å²) in [7, 11) is 0. The molecule has 0 bridgehead atoms. The van der Waals surface area contributed by atoms with Crippen LogP contribution in [0.15, 0.2) is 24.3 Å². The Balaban J connectivity index is 2.17. The molecule has 19 heavy (non-hydrogen) atoms. The average Bonchev–Trinajstić information content (AvgIpc) is 2.68. The Labute approximate surface area is 115 Å². The Kier molecular flexibility index (Phi) is 2.51. The van der Waals surface area contributed by atoms with Crippen molar-refractivity contribution in [1.82, 2.24) is 0 Å². The van der Waals surface area contributed by atoms with Gasteiger partial charge in [0.05, 0.1) is 11.5 Å². The molecule has 102 valence electrons. The van der Waals surface area contributed by atoms with Crippen LogP contribution >= 0.6 is 0 Å². The molecule has 2 aliphatic rings. The lowest BCUT2D eigenvalue weighted by atomic mass is 9.73. The molecule has 2 heteroatoms. The molecule has 0 spiro atoms. The molecule has 2 nitrogen and oxygen atoms in total. The fourth-order valence-corrected chi connectivity index (χ4v) is 3.23. The van der Waals surface area contributed by atoms with E-state index in [1.807, 2.05) is 13.8 Å². The zero-order chi connectivity index (χ0) is 13.8. The molecule has 0 amide bonds. The normalized spacial score (nSPS) is 31.3. The molecule has 1 aliphatic carbocycles. The highest BCUT2D eigenvalue weighted by Gasteiger charge is 2.55. The van der Waals surface area contributed by atoms with Crippen molar-refractivity contribution in [2.45, 2.75) is 58.2 Å². The topological polar surface area (TPSA) is 18.5 Å². The second-order valence-corrected chi connectivity index (χ2v) is 6.45. The van der Waals surface area contributed by atoms with Crippen LogP contribution in [0.5, 0.6) is 11.5 Å². The van der Waals surface area contributed by atoms with E-state index in [1.54, 1.807) is 0 Å². The van der Waals surface area contributed by atoms with E-state index < -0.39 is 0 Å². The monoisotopic (exact) mass is 258 g/mol. The summed E-state index contributed by atoms with van der Waals surface area (Å²) in [5, 5.41) is 0. The molecular formula is C17H22O2. The number of rotatable bonds is 2. The van der Waals surface area contributed by atoms with Crippen LogP contribution in [0.3, 0.4) is 0 Å². The fourth-order valence-electron chi connectivity index (χ4n) is 3.23. The summed E-state index contributed by atoms with van der Waals surface area (Å²) >= 11 is 0. The highest BCUT2D eigenvalue weighted by molar-refractivity contribution is 5.60. The summed E-state index contributed by atoms with van der Waals surface area (Å²) in [4.78, 5) is 0. The largest absolute Gasteiger partial charge is 0.487 e.